The van der Waals surface area contributed by atoms with Crippen LogP contribution in [0.1, 0.15) is 25.8 Å². The zero-order chi connectivity index (χ0) is 18.1. The third-order valence-corrected chi connectivity index (χ3v) is 5.70. The summed E-state index contributed by atoms with van der Waals surface area (Å²) in [4.78, 5) is 17.0. The molecule has 1 aromatic rings. The first kappa shape index (κ1) is 17.6. The summed E-state index contributed by atoms with van der Waals surface area (Å²) >= 11 is 0. The molecule has 7 nitrogen and oxygen atoms in total. The maximum atomic E-state index is 12.3. The van der Waals surface area contributed by atoms with Crippen molar-refractivity contribution in [1.29, 1.82) is 0 Å². The molecule has 2 fully saturated rings. The summed E-state index contributed by atoms with van der Waals surface area (Å²) in [5.74, 6) is 1.91. The average Bonchev–Trinajstić information content (AvgIpc) is 3.10. The molecule has 4 rings (SSSR count). The van der Waals surface area contributed by atoms with Gasteiger partial charge in [0.1, 0.15) is 6.29 Å². The van der Waals surface area contributed by atoms with E-state index in [9.17, 15) is 4.79 Å². The third kappa shape index (κ3) is 3.51. The Morgan fingerprint density at radius 3 is 2.65 bits per heavy atom. The molecule has 3 aliphatic rings. The molecule has 1 amide bonds. The quantitative estimate of drug-likeness (QED) is 0.834. The Morgan fingerprint density at radius 2 is 1.92 bits per heavy atom. The molecule has 0 aromatic heterocycles. The van der Waals surface area contributed by atoms with Gasteiger partial charge >= 0.3 is 0 Å². The molecule has 0 spiro atoms. The number of carbonyl (C=O) groups excluding carboxylic acids is 1. The van der Waals surface area contributed by atoms with E-state index in [-0.39, 0.29) is 24.2 Å². The molecule has 26 heavy (non-hydrogen) atoms. The largest absolute Gasteiger partial charge is 0.454 e. The van der Waals surface area contributed by atoms with Gasteiger partial charge in [0.25, 0.3) is 0 Å². The predicted octanol–water partition coefficient (Wildman–Crippen LogP) is 0.951. The van der Waals surface area contributed by atoms with E-state index in [0.29, 0.717) is 6.79 Å². The van der Waals surface area contributed by atoms with Gasteiger partial charge in [-0.1, -0.05) is 13.0 Å². The molecule has 0 bridgehead atoms. The number of nitrogens with zero attached hydrogens (tertiary/aromatic N) is 2. The van der Waals surface area contributed by atoms with Crippen molar-refractivity contribution < 1.29 is 14.3 Å². The summed E-state index contributed by atoms with van der Waals surface area (Å²) in [6.45, 7) is 9.23. The van der Waals surface area contributed by atoms with E-state index in [4.69, 9.17) is 9.47 Å². The molecular formula is C19H28N4O3. The molecule has 0 radical (unpaired) electrons. The minimum absolute atomic E-state index is 0.0482. The molecule has 3 aliphatic heterocycles. The number of carbonyl (C=O) groups is 1. The first-order valence-corrected chi connectivity index (χ1v) is 9.55. The van der Waals surface area contributed by atoms with E-state index in [2.05, 4.69) is 46.4 Å². The van der Waals surface area contributed by atoms with E-state index < -0.39 is 0 Å². The summed E-state index contributed by atoms with van der Waals surface area (Å²) in [6.07, 6.45) is 0.823. The summed E-state index contributed by atoms with van der Waals surface area (Å²) in [7, 11) is 0. The van der Waals surface area contributed by atoms with Gasteiger partial charge in [-0.2, -0.15) is 0 Å². The Kier molecular flexibility index (Phi) is 5.02. The van der Waals surface area contributed by atoms with Crippen molar-refractivity contribution in [3.63, 3.8) is 0 Å². The second-order valence-electron chi connectivity index (χ2n) is 7.38. The number of benzene rings is 1. The smallest absolute Gasteiger partial charge is 0.231 e. The molecule has 2 N–H and O–H groups in total. The fourth-order valence-corrected chi connectivity index (χ4v) is 4.09. The van der Waals surface area contributed by atoms with Crippen LogP contribution in [0, 0.1) is 5.92 Å². The van der Waals surface area contributed by atoms with Crippen LogP contribution in [0.2, 0.25) is 0 Å². The van der Waals surface area contributed by atoms with Gasteiger partial charge in [-0.3, -0.25) is 19.9 Å². The number of fused-ring (bicyclic) bond motifs is 1. The van der Waals surface area contributed by atoms with Gasteiger partial charge in [-0.25, -0.2) is 0 Å². The molecule has 0 saturated carbocycles. The van der Waals surface area contributed by atoms with Crippen molar-refractivity contribution in [1.82, 2.24) is 20.4 Å². The van der Waals surface area contributed by atoms with E-state index in [1.807, 2.05) is 6.07 Å². The zero-order valence-corrected chi connectivity index (χ0v) is 15.5. The maximum Gasteiger partial charge on any atom is 0.231 e. The standard InChI is InChI=1S/C19H28N4O3/c1-3-15-13(2)20-19(21-18(15)24)23-8-6-22(7-9-23)11-14-4-5-16-17(10-14)26-12-25-16/h4-5,10,13,15,19-20H,3,6-9,11-12H2,1-2H3,(H,21,24). The lowest BCUT2D eigenvalue weighted by Crippen LogP contribution is -2.68. The van der Waals surface area contributed by atoms with Crippen LogP contribution < -0.4 is 20.1 Å². The minimum atomic E-state index is -0.0482. The van der Waals surface area contributed by atoms with Crippen molar-refractivity contribution in [3.8, 4) is 11.5 Å². The van der Waals surface area contributed by atoms with Crippen molar-refractivity contribution in [3.05, 3.63) is 23.8 Å². The van der Waals surface area contributed by atoms with Gasteiger partial charge in [0.15, 0.2) is 11.5 Å². The highest BCUT2D eigenvalue weighted by molar-refractivity contribution is 5.80. The number of rotatable bonds is 4. The number of piperazine rings is 1. The molecule has 142 valence electrons. The molecule has 2 saturated heterocycles. The number of hydrogen-bond acceptors (Lipinski definition) is 6. The molecule has 3 atom stereocenters. The number of hydrogen-bond donors (Lipinski definition) is 2. The molecule has 3 unspecified atom stereocenters. The fourth-order valence-electron chi connectivity index (χ4n) is 4.09. The van der Waals surface area contributed by atoms with Crippen LogP contribution in [0.25, 0.3) is 0 Å². The van der Waals surface area contributed by atoms with Crippen LogP contribution >= 0.6 is 0 Å². The van der Waals surface area contributed by atoms with Crippen molar-refractivity contribution in [2.45, 2.75) is 39.1 Å². The van der Waals surface area contributed by atoms with Gasteiger partial charge in [0.05, 0.1) is 5.92 Å². The van der Waals surface area contributed by atoms with E-state index in [1.165, 1.54) is 5.56 Å². The maximum absolute atomic E-state index is 12.3. The lowest BCUT2D eigenvalue weighted by molar-refractivity contribution is -0.132. The Morgan fingerprint density at radius 1 is 1.15 bits per heavy atom. The first-order chi connectivity index (χ1) is 12.6. The van der Waals surface area contributed by atoms with Gasteiger partial charge in [-0.05, 0) is 31.0 Å². The SMILES string of the molecule is CCC1C(=O)NC(N2CCN(Cc3ccc4c(c3)OCO4)CC2)NC1C. The van der Waals surface area contributed by atoms with Crippen molar-refractivity contribution >= 4 is 5.91 Å². The average molecular weight is 360 g/mol. The summed E-state index contributed by atoms with van der Waals surface area (Å²) in [5.41, 5.74) is 1.24. The van der Waals surface area contributed by atoms with Crippen LogP contribution in [0.3, 0.4) is 0 Å². The molecular weight excluding hydrogens is 332 g/mol. The summed E-state index contributed by atoms with van der Waals surface area (Å²) in [5, 5.41) is 6.69. The lowest BCUT2D eigenvalue weighted by Gasteiger charge is -2.44. The van der Waals surface area contributed by atoms with E-state index in [0.717, 1.165) is 50.6 Å². The second kappa shape index (κ2) is 7.42. The Labute approximate surface area is 154 Å². The van der Waals surface area contributed by atoms with Gasteiger partial charge < -0.3 is 14.8 Å². The number of nitrogens with one attached hydrogen (secondary N) is 2. The highest BCUT2D eigenvalue weighted by atomic mass is 16.7. The van der Waals surface area contributed by atoms with Gasteiger partial charge in [0, 0.05) is 38.8 Å². The summed E-state index contributed by atoms with van der Waals surface area (Å²) < 4.78 is 10.8. The number of amides is 1. The zero-order valence-electron chi connectivity index (χ0n) is 15.5. The Bertz CT molecular complexity index is 660. The fraction of sp³-hybridized carbons (Fsp3) is 0.632. The third-order valence-electron chi connectivity index (χ3n) is 5.70. The van der Waals surface area contributed by atoms with E-state index in [1.54, 1.807) is 0 Å². The molecule has 7 heteroatoms. The lowest BCUT2D eigenvalue weighted by atomic mass is 9.95. The Balaban J connectivity index is 1.30. The van der Waals surface area contributed by atoms with Crippen molar-refractivity contribution in [2.24, 2.45) is 5.92 Å². The molecule has 1 aromatic carbocycles. The minimum Gasteiger partial charge on any atom is -0.454 e. The van der Waals surface area contributed by atoms with Crippen molar-refractivity contribution in [2.75, 3.05) is 33.0 Å². The predicted molar refractivity (Wildman–Crippen MR) is 97.7 cm³/mol. The van der Waals surface area contributed by atoms with Crippen LogP contribution in [0.15, 0.2) is 18.2 Å². The molecule has 3 heterocycles. The first-order valence-electron chi connectivity index (χ1n) is 9.55. The van der Waals surface area contributed by atoms with Crippen LogP contribution in [-0.4, -0.2) is 61.0 Å². The summed E-state index contributed by atoms with van der Waals surface area (Å²) in [6, 6.07) is 6.38. The second-order valence-corrected chi connectivity index (χ2v) is 7.38. The van der Waals surface area contributed by atoms with Gasteiger partial charge in [-0.15, -0.1) is 0 Å². The van der Waals surface area contributed by atoms with Crippen LogP contribution in [0.5, 0.6) is 11.5 Å². The number of ether oxygens (including phenoxy) is 2. The highest BCUT2D eigenvalue weighted by Gasteiger charge is 2.35. The van der Waals surface area contributed by atoms with Crippen LogP contribution in [0.4, 0.5) is 0 Å². The Hall–Kier alpha value is -1.83. The van der Waals surface area contributed by atoms with Gasteiger partial charge in [0.2, 0.25) is 12.7 Å². The highest BCUT2D eigenvalue weighted by Crippen LogP contribution is 2.32. The van der Waals surface area contributed by atoms with E-state index >= 15 is 0 Å². The molecule has 0 aliphatic carbocycles. The monoisotopic (exact) mass is 360 g/mol. The topological polar surface area (TPSA) is 66.1 Å². The normalized spacial score (nSPS) is 29.6. The van der Waals surface area contributed by atoms with Crippen LogP contribution in [-0.2, 0) is 11.3 Å².